The number of hydrogen-bond acceptors (Lipinski definition) is 3. The van der Waals surface area contributed by atoms with Crippen LogP contribution in [0.4, 0.5) is 8.78 Å². The minimum absolute atomic E-state index is 0.120. The lowest BCUT2D eigenvalue weighted by Crippen LogP contribution is -2.38. The molecule has 2 N–H and O–H groups in total. The summed E-state index contributed by atoms with van der Waals surface area (Å²) in [4.78, 5) is 6.27. The second-order valence-corrected chi connectivity index (χ2v) is 6.09. The van der Waals surface area contributed by atoms with Crippen molar-refractivity contribution in [2.24, 2.45) is 4.99 Å². The third-order valence-electron chi connectivity index (χ3n) is 4.00. The number of aliphatic imine (C=N–C) groups is 1. The smallest absolute Gasteiger partial charge is 0.194 e. The quantitative estimate of drug-likeness (QED) is 0.575. The highest BCUT2D eigenvalue weighted by molar-refractivity contribution is 5.79. The average molecular weight is 377 g/mol. The van der Waals surface area contributed by atoms with Crippen molar-refractivity contribution in [1.29, 1.82) is 0 Å². The lowest BCUT2D eigenvalue weighted by atomic mass is 10.1. The molecule has 0 spiro atoms. The van der Waals surface area contributed by atoms with Gasteiger partial charge in [-0.25, -0.2) is 8.78 Å². The second-order valence-electron chi connectivity index (χ2n) is 6.09. The summed E-state index contributed by atoms with van der Waals surface area (Å²) in [5.74, 6) is 0.00519. The van der Waals surface area contributed by atoms with Crippen LogP contribution in [0.1, 0.15) is 24.2 Å². The fourth-order valence-corrected chi connectivity index (χ4v) is 2.59. The molecular weight excluding hydrogens is 352 g/mol. The first-order valence-electron chi connectivity index (χ1n) is 8.70. The number of guanidine groups is 1. The molecule has 27 heavy (non-hydrogen) atoms. The number of halogens is 2. The predicted molar refractivity (Wildman–Crippen MR) is 102 cm³/mol. The van der Waals surface area contributed by atoms with Gasteiger partial charge in [0, 0.05) is 20.1 Å². The molecule has 0 aliphatic heterocycles. The summed E-state index contributed by atoms with van der Waals surface area (Å²) in [6.07, 6.45) is -0.842. The lowest BCUT2D eigenvalue weighted by molar-refractivity contribution is 0.186. The molecule has 0 saturated heterocycles. The molecule has 1 unspecified atom stereocenters. The van der Waals surface area contributed by atoms with Crippen LogP contribution < -0.4 is 10.1 Å². The minimum atomic E-state index is -0.842. The Morgan fingerprint density at radius 1 is 1.22 bits per heavy atom. The minimum Gasteiger partial charge on any atom is -0.494 e. The van der Waals surface area contributed by atoms with Crippen molar-refractivity contribution in [3.05, 3.63) is 65.2 Å². The fourth-order valence-electron chi connectivity index (χ4n) is 2.59. The summed E-state index contributed by atoms with van der Waals surface area (Å²) in [6, 6.07) is 10.5. The van der Waals surface area contributed by atoms with Gasteiger partial charge in [-0.2, -0.15) is 0 Å². The van der Waals surface area contributed by atoms with Crippen LogP contribution >= 0.6 is 0 Å². The van der Waals surface area contributed by atoms with E-state index in [0.29, 0.717) is 24.6 Å². The molecule has 2 aromatic carbocycles. The first-order chi connectivity index (χ1) is 12.9. The van der Waals surface area contributed by atoms with Crippen LogP contribution in [-0.2, 0) is 6.54 Å². The zero-order valence-corrected chi connectivity index (χ0v) is 15.7. The summed E-state index contributed by atoms with van der Waals surface area (Å²) >= 11 is 0. The molecular formula is C20H25F2N3O2. The van der Waals surface area contributed by atoms with Crippen LogP contribution in [0.5, 0.6) is 5.75 Å². The van der Waals surface area contributed by atoms with Crippen LogP contribution in [0.25, 0.3) is 0 Å². The molecule has 0 heterocycles. The highest BCUT2D eigenvalue weighted by Gasteiger charge is 2.12. The Balaban J connectivity index is 2.06. The number of benzene rings is 2. The molecule has 0 aromatic heterocycles. The molecule has 0 bridgehead atoms. The molecule has 0 aliphatic carbocycles. The second kappa shape index (κ2) is 9.87. The highest BCUT2D eigenvalue weighted by atomic mass is 19.1. The van der Waals surface area contributed by atoms with E-state index in [1.807, 2.05) is 18.9 Å². The monoisotopic (exact) mass is 377 g/mol. The van der Waals surface area contributed by atoms with Gasteiger partial charge in [-0.1, -0.05) is 18.2 Å². The topological polar surface area (TPSA) is 57.1 Å². The molecule has 0 radical (unpaired) electrons. The van der Waals surface area contributed by atoms with Crippen molar-refractivity contribution in [1.82, 2.24) is 10.2 Å². The largest absolute Gasteiger partial charge is 0.494 e. The van der Waals surface area contributed by atoms with E-state index in [-0.39, 0.29) is 18.1 Å². The Labute approximate surface area is 158 Å². The Morgan fingerprint density at radius 3 is 2.52 bits per heavy atom. The SMILES string of the molecule is CCNC(=NCC(O)c1ccc(F)cc1)N(C)Cc1ccc(OC)c(F)c1. The molecule has 146 valence electrons. The number of nitrogens with zero attached hydrogens (tertiary/aromatic N) is 2. The summed E-state index contributed by atoms with van der Waals surface area (Å²) < 4.78 is 31.8. The number of aliphatic hydroxyl groups is 1. The van der Waals surface area contributed by atoms with Crippen molar-refractivity contribution in [2.75, 3.05) is 27.2 Å². The first kappa shape index (κ1) is 20.6. The molecule has 1 atom stereocenters. The Kier molecular flexibility index (Phi) is 7.55. The Morgan fingerprint density at radius 2 is 1.93 bits per heavy atom. The molecule has 0 amide bonds. The fraction of sp³-hybridized carbons (Fsp3) is 0.350. The van der Waals surface area contributed by atoms with Gasteiger partial charge in [0.2, 0.25) is 0 Å². The molecule has 7 heteroatoms. The number of rotatable bonds is 7. The van der Waals surface area contributed by atoms with Gasteiger partial charge in [0.05, 0.1) is 19.8 Å². The van der Waals surface area contributed by atoms with E-state index in [0.717, 1.165) is 5.56 Å². The lowest BCUT2D eigenvalue weighted by Gasteiger charge is -2.23. The standard InChI is InChI=1S/C20H25F2N3O2/c1-4-23-20(24-12-18(26)15-6-8-16(21)9-7-15)25(2)13-14-5-10-19(27-3)17(22)11-14/h5-11,18,26H,4,12-13H2,1-3H3,(H,23,24). The number of nitrogens with one attached hydrogen (secondary N) is 1. The highest BCUT2D eigenvalue weighted by Crippen LogP contribution is 2.19. The van der Waals surface area contributed by atoms with Gasteiger partial charge in [0.15, 0.2) is 17.5 Å². The van der Waals surface area contributed by atoms with Crippen molar-refractivity contribution < 1.29 is 18.6 Å². The molecule has 0 saturated carbocycles. The number of ether oxygens (including phenoxy) is 1. The maximum Gasteiger partial charge on any atom is 0.194 e. The number of hydrogen-bond donors (Lipinski definition) is 2. The van der Waals surface area contributed by atoms with E-state index < -0.39 is 11.9 Å². The summed E-state index contributed by atoms with van der Waals surface area (Å²) in [6.45, 7) is 3.13. The third kappa shape index (κ3) is 5.92. The summed E-state index contributed by atoms with van der Waals surface area (Å²) in [5, 5.41) is 13.4. The van der Waals surface area contributed by atoms with Crippen molar-refractivity contribution >= 4 is 5.96 Å². The van der Waals surface area contributed by atoms with Crippen molar-refractivity contribution in [3.8, 4) is 5.75 Å². The van der Waals surface area contributed by atoms with Gasteiger partial charge < -0.3 is 20.1 Å². The van der Waals surface area contributed by atoms with Gasteiger partial charge in [-0.05, 0) is 42.3 Å². The maximum atomic E-state index is 13.9. The third-order valence-corrected chi connectivity index (χ3v) is 4.00. The average Bonchev–Trinajstić information content (AvgIpc) is 2.65. The zero-order valence-electron chi connectivity index (χ0n) is 15.7. The van der Waals surface area contributed by atoms with E-state index in [1.54, 1.807) is 12.1 Å². The first-order valence-corrected chi connectivity index (χ1v) is 8.70. The molecule has 5 nitrogen and oxygen atoms in total. The predicted octanol–water partition coefficient (Wildman–Crippen LogP) is 3.10. The molecule has 2 aromatic rings. The van der Waals surface area contributed by atoms with E-state index in [4.69, 9.17) is 4.74 Å². The van der Waals surface area contributed by atoms with Crippen LogP contribution in [0, 0.1) is 11.6 Å². The molecule has 0 aliphatic rings. The van der Waals surface area contributed by atoms with Gasteiger partial charge in [-0.3, -0.25) is 4.99 Å². The van der Waals surface area contributed by atoms with Crippen LogP contribution in [-0.4, -0.2) is 43.2 Å². The van der Waals surface area contributed by atoms with E-state index in [2.05, 4.69) is 10.3 Å². The van der Waals surface area contributed by atoms with Gasteiger partial charge in [0.25, 0.3) is 0 Å². The maximum absolute atomic E-state index is 13.9. The molecule has 2 rings (SSSR count). The Bertz CT molecular complexity index is 766. The molecule has 0 fully saturated rings. The van der Waals surface area contributed by atoms with Crippen LogP contribution in [0.2, 0.25) is 0 Å². The Hall–Kier alpha value is -2.67. The number of methoxy groups -OCH3 is 1. The van der Waals surface area contributed by atoms with E-state index in [1.165, 1.54) is 37.4 Å². The van der Waals surface area contributed by atoms with Crippen molar-refractivity contribution in [3.63, 3.8) is 0 Å². The normalized spacial score (nSPS) is 12.6. The van der Waals surface area contributed by atoms with Crippen LogP contribution in [0.15, 0.2) is 47.5 Å². The van der Waals surface area contributed by atoms with Crippen molar-refractivity contribution in [2.45, 2.75) is 19.6 Å². The number of aliphatic hydroxyl groups excluding tert-OH is 1. The van der Waals surface area contributed by atoms with E-state index >= 15 is 0 Å². The van der Waals surface area contributed by atoms with Gasteiger partial charge in [0.1, 0.15) is 5.82 Å². The van der Waals surface area contributed by atoms with Crippen LogP contribution in [0.3, 0.4) is 0 Å². The van der Waals surface area contributed by atoms with Gasteiger partial charge >= 0.3 is 0 Å². The zero-order chi connectivity index (χ0) is 19.8. The van der Waals surface area contributed by atoms with Gasteiger partial charge in [-0.15, -0.1) is 0 Å². The summed E-state index contributed by atoms with van der Waals surface area (Å²) in [5.41, 5.74) is 1.36. The van der Waals surface area contributed by atoms with E-state index in [9.17, 15) is 13.9 Å². The summed E-state index contributed by atoms with van der Waals surface area (Å²) in [7, 11) is 3.25.